The first-order chi connectivity index (χ1) is 10.7. The summed E-state index contributed by atoms with van der Waals surface area (Å²) in [5.41, 5.74) is -1.74. The second kappa shape index (κ2) is 6.57. The number of rotatable bonds is 3. The largest absolute Gasteiger partial charge is 0.416 e. The lowest BCUT2D eigenvalue weighted by Gasteiger charge is -2.22. The molecule has 1 aliphatic carbocycles. The third-order valence-corrected chi connectivity index (χ3v) is 3.79. The summed E-state index contributed by atoms with van der Waals surface area (Å²) in [7, 11) is 0. The highest BCUT2D eigenvalue weighted by atomic mass is 19.4. The highest BCUT2D eigenvalue weighted by Crippen LogP contribution is 2.30. The minimum Gasteiger partial charge on any atom is -0.388 e. The summed E-state index contributed by atoms with van der Waals surface area (Å²) in [6, 6.07) is 3.76. The molecule has 0 atom stereocenters. The number of amides is 2. The summed E-state index contributed by atoms with van der Waals surface area (Å²) < 4.78 is 37.3. The number of hydrogen-bond acceptors (Lipinski definition) is 3. The molecular weight excluding hydrogens is 313 g/mol. The van der Waals surface area contributed by atoms with Crippen LogP contribution in [-0.4, -0.2) is 29.1 Å². The molecule has 3 N–H and O–H groups in total. The maximum atomic E-state index is 12.4. The molecule has 1 aliphatic rings. The first-order valence-electron chi connectivity index (χ1n) is 7.18. The maximum absolute atomic E-state index is 12.4. The van der Waals surface area contributed by atoms with Crippen LogP contribution in [0.4, 0.5) is 18.9 Å². The van der Waals surface area contributed by atoms with Crippen molar-refractivity contribution in [2.45, 2.75) is 37.5 Å². The van der Waals surface area contributed by atoms with E-state index in [4.69, 9.17) is 0 Å². The molecule has 0 spiro atoms. The summed E-state index contributed by atoms with van der Waals surface area (Å²) in [5.74, 6) is -1.93. The van der Waals surface area contributed by atoms with Crippen molar-refractivity contribution < 1.29 is 27.9 Å². The molecule has 5 nitrogen and oxygen atoms in total. The molecule has 1 saturated carbocycles. The summed E-state index contributed by atoms with van der Waals surface area (Å²) in [6.07, 6.45) is -1.60. The Morgan fingerprint density at radius 1 is 1.09 bits per heavy atom. The van der Waals surface area contributed by atoms with Crippen LogP contribution in [0.2, 0.25) is 0 Å². The SMILES string of the molecule is O=C(NCC1(O)CCCC1)C(=O)Nc1ccc(C(F)(F)F)cc1. The monoisotopic (exact) mass is 330 g/mol. The van der Waals surface area contributed by atoms with Gasteiger partial charge in [0, 0.05) is 12.2 Å². The second-order valence-electron chi connectivity index (χ2n) is 5.64. The predicted molar refractivity (Wildman–Crippen MR) is 76.5 cm³/mol. The zero-order valence-corrected chi connectivity index (χ0v) is 12.2. The number of hydrogen-bond donors (Lipinski definition) is 3. The molecular formula is C15H17F3N2O3. The van der Waals surface area contributed by atoms with Crippen LogP contribution in [0.15, 0.2) is 24.3 Å². The van der Waals surface area contributed by atoms with Crippen molar-refractivity contribution in [1.82, 2.24) is 5.32 Å². The van der Waals surface area contributed by atoms with E-state index in [9.17, 15) is 27.9 Å². The van der Waals surface area contributed by atoms with Gasteiger partial charge in [-0.25, -0.2) is 0 Å². The molecule has 0 aliphatic heterocycles. The molecule has 8 heteroatoms. The number of alkyl halides is 3. The van der Waals surface area contributed by atoms with Crippen LogP contribution in [0, 0.1) is 0 Å². The first kappa shape index (κ1) is 17.3. The Labute approximate surface area is 130 Å². The number of carbonyl (C=O) groups is 2. The number of carbonyl (C=O) groups excluding carboxylic acids is 2. The molecule has 0 heterocycles. The highest BCUT2D eigenvalue weighted by Gasteiger charge is 2.32. The fourth-order valence-corrected chi connectivity index (χ4v) is 2.47. The fourth-order valence-electron chi connectivity index (χ4n) is 2.47. The normalized spacial score (nSPS) is 16.9. The van der Waals surface area contributed by atoms with E-state index in [0.717, 1.165) is 37.1 Å². The molecule has 23 heavy (non-hydrogen) atoms. The molecule has 0 radical (unpaired) electrons. The van der Waals surface area contributed by atoms with Crippen LogP contribution in [0.3, 0.4) is 0 Å². The third kappa shape index (κ3) is 4.69. The van der Waals surface area contributed by atoms with E-state index in [1.807, 2.05) is 0 Å². The number of anilines is 1. The van der Waals surface area contributed by atoms with Gasteiger partial charge in [0.25, 0.3) is 0 Å². The van der Waals surface area contributed by atoms with Crippen molar-refractivity contribution in [3.63, 3.8) is 0 Å². The van der Waals surface area contributed by atoms with Crippen LogP contribution < -0.4 is 10.6 Å². The molecule has 126 valence electrons. The van der Waals surface area contributed by atoms with Gasteiger partial charge in [-0.15, -0.1) is 0 Å². The van der Waals surface area contributed by atoms with Crippen LogP contribution in [0.1, 0.15) is 31.2 Å². The van der Waals surface area contributed by atoms with Gasteiger partial charge in [-0.2, -0.15) is 13.2 Å². The van der Waals surface area contributed by atoms with Crippen molar-refractivity contribution in [3.8, 4) is 0 Å². The van der Waals surface area contributed by atoms with Crippen molar-refractivity contribution >= 4 is 17.5 Å². The Kier molecular flexibility index (Phi) is 4.93. The van der Waals surface area contributed by atoms with Crippen molar-refractivity contribution in [3.05, 3.63) is 29.8 Å². The average Bonchev–Trinajstić information content (AvgIpc) is 2.91. The fraction of sp³-hybridized carbons (Fsp3) is 0.467. The van der Waals surface area contributed by atoms with Gasteiger partial charge in [-0.1, -0.05) is 12.8 Å². The van der Waals surface area contributed by atoms with Gasteiger partial charge in [0.2, 0.25) is 0 Å². The summed E-state index contributed by atoms with van der Waals surface area (Å²) >= 11 is 0. The number of nitrogens with one attached hydrogen (secondary N) is 2. The van der Waals surface area contributed by atoms with E-state index < -0.39 is 29.2 Å². The lowest BCUT2D eigenvalue weighted by atomic mass is 10.0. The molecule has 1 fully saturated rings. The summed E-state index contributed by atoms with van der Waals surface area (Å²) in [4.78, 5) is 23.3. The molecule has 0 saturated heterocycles. The predicted octanol–water partition coefficient (Wildman–Crippen LogP) is 2.07. The van der Waals surface area contributed by atoms with Crippen molar-refractivity contribution in [2.75, 3.05) is 11.9 Å². The lowest BCUT2D eigenvalue weighted by Crippen LogP contribution is -2.44. The standard InChI is InChI=1S/C15H17F3N2O3/c16-15(17,18)10-3-5-11(6-4-10)20-13(22)12(21)19-9-14(23)7-1-2-8-14/h3-6,23H,1-2,7-9H2,(H,19,21)(H,20,22). The smallest absolute Gasteiger partial charge is 0.388 e. The summed E-state index contributed by atoms with van der Waals surface area (Å²) in [6.45, 7) is -0.0216. The Morgan fingerprint density at radius 2 is 1.65 bits per heavy atom. The number of benzene rings is 1. The Bertz CT molecular complexity index is 579. The number of halogens is 3. The van der Waals surface area contributed by atoms with E-state index in [1.54, 1.807) is 0 Å². The van der Waals surface area contributed by atoms with Gasteiger partial charge in [0.1, 0.15) is 0 Å². The molecule has 0 unspecified atom stereocenters. The number of aliphatic hydroxyl groups is 1. The van der Waals surface area contributed by atoms with Gasteiger partial charge in [0.15, 0.2) is 0 Å². The van der Waals surface area contributed by atoms with Gasteiger partial charge in [-0.05, 0) is 37.1 Å². The molecule has 0 aromatic heterocycles. The van der Waals surface area contributed by atoms with Crippen LogP contribution in [0.25, 0.3) is 0 Å². The van der Waals surface area contributed by atoms with E-state index in [2.05, 4.69) is 10.6 Å². The average molecular weight is 330 g/mol. The minimum atomic E-state index is -4.46. The van der Waals surface area contributed by atoms with Gasteiger partial charge in [0.05, 0.1) is 11.2 Å². The topological polar surface area (TPSA) is 78.4 Å². The van der Waals surface area contributed by atoms with E-state index >= 15 is 0 Å². The third-order valence-electron chi connectivity index (χ3n) is 3.79. The van der Waals surface area contributed by atoms with Crippen LogP contribution in [-0.2, 0) is 15.8 Å². The van der Waals surface area contributed by atoms with Gasteiger partial charge >= 0.3 is 18.0 Å². The van der Waals surface area contributed by atoms with Crippen LogP contribution in [0.5, 0.6) is 0 Å². The van der Waals surface area contributed by atoms with Crippen LogP contribution >= 0.6 is 0 Å². The van der Waals surface area contributed by atoms with E-state index in [0.29, 0.717) is 12.8 Å². The van der Waals surface area contributed by atoms with Crippen molar-refractivity contribution in [2.24, 2.45) is 0 Å². The lowest BCUT2D eigenvalue weighted by molar-refractivity contribution is -0.137. The molecule has 1 aromatic rings. The molecule has 1 aromatic carbocycles. The first-order valence-corrected chi connectivity index (χ1v) is 7.18. The summed E-state index contributed by atoms with van der Waals surface area (Å²) in [5, 5.41) is 14.6. The van der Waals surface area contributed by atoms with E-state index in [1.165, 1.54) is 0 Å². The Morgan fingerprint density at radius 3 is 2.17 bits per heavy atom. The van der Waals surface area contributed by atoms with E-state index in [-0.39, 0.29) is 12.2 Å². The quantitative estimate of drug-likeness (QED) is 0.743. The molecule has 2 rings (SSSR count). The Hall–Kier alpha value is -2.09. The highest BCUT2D eigenvalue weighted by molar-refractivity contribution is 6.39. The minimum absolute atomic E-state index is 0.0216. The van der Waals surface area contributed by atoms with Gasteiger partial charge in [-0.3, -0.25) is 9.59 Å². The Balaban J connectivity index is 1.87. The molecule has 2 amide bonds. The van der Waals surface area contributed by atoms with Crippen molar-refractivity contribution in [1.29, 1.82) is 0 Å². The molecule has 0 bridgehead atoms. The second-order valence-corrected chi connectivity index (χ2v) is 5.64. The zero-order valence-electron chi connectivity index (χ0n) is 12.2. The zero-order chi connectivity index (χ0) is 17.1. The van der Waals surface area contributed by atoms with Gasteiger partial charge < -0.3 is 15.7 Å². The maximum Gasteiger partial charge on any atom is 0.416 e.